The molecule has 1 aromatic heterocycles. The smallest absolute Gasteiger partial charge is 0.272 e. The van der Waals surface area contributed by atoms with E-state index in [1.807, 2.05) is 91.0 Å². The van der Waals surface area contributed by atoms with Gasteiger partial charge in [-0.3, -0.25) is 4.79 Å². The SMILES string of the molecule is C[C@@H]1[C@H](CSc2ccccn2)O[C@H](c2ccc(-c3cccc(CNC(=O)C(Cl)(Cl)Cl)c3)cc2)O[C@@H]1c1ccc(CO)cc1. The number of aliphatic hydroxyl groups excluding tert-OH is 1. The van der Waals surface area contributed by atoms with Gasteiger partial charge in [-0.05, 0) is 46.0 Å². The van der Waals surface area contributed by atoms with Crippen molar-refractivity contribution in [3.05, 3.63) is 119 Å². The summed E-state index contributed by atoms with van der Waals surface area (Å²) < 4.78 is 11.1. The minimum atomic E-state index is -2.01. The zero-order chi connectivity index (χ0) is 30.4. The lowest BCUT2D eigenvalue weighted by atomic mass is 9.91. The van der Waals surface area contributed by atoms with Gasteiger partial charge in [-0.1, -0.05) is 115 Å². The number of aliphatic hydroxyl groups is 1. The Morgan fingerprint density at radius 3 is 2.33 bits per heavy atom. The molecule has 1 aliphatic rings. The number of hydrogen-bond acceptors (Lipinski definition) is 6. The normalized spacial score (nSPS) is 20.5. The Hall–Kier alpha value is -2.62. The minimum Gasteiger partial charge on any atom is -0.392 e. The third-order valence-electron chi connectivity index (χ3n) is 7.31. The van der Waals surface area contributed by atoms with E-state index >= 15 is 0 Å². The Balaban J connectivity index is 1.34. The number of carbonyl (C=O) groups excluding carboxylic acids is 1. The van der Waals surface area contributed by atoms with Gasteiger partial charge in [0, 0.05) is 30.0 Å². The average Bonchev–Trinajstić information content (AvgIpc) is 3.03. The molecular formula is C33H31Cl3N2O4S. The van der Waals surface area contributed by atoms with Crippen molar-refractivity contribution in [2.24, 2.45) is 5.92 Å². The van der Waals surface area contributed by atoms with E-state index in [1.54, 1.807) is 18.0 Å². The number of nitrogens with one attached hydrogen (secondary N) is 1. The van der Waals surface area contributed by atoms with Crippen LogP contribution < -0.4 is 5.32 Å². The molecule has 10 heteroatoms. The number of carbonyl (C=O) groups is 1. The molecule has 2 heterocycles. The van der Waals surface area contributed by atoms with Crippen LogP contribution in [0.4, 0.5) is 0 Å². The number of ether oxygens (including phenoxy) is 2. The fourth-order valence-corrected chi connectivity index (χ4v) is 6.11. The number of pyridine rings is 1. The zero-order valence-corrected chi connectivity index (χ0v) is 26.4. The second kappa shape index (κ2) is 14.4. The molecule has 0 radical (unpaired) electrons. The van der Waals surface area contributed by atoms with Crippen LogP contribution in [0.25, 0.3) is 11.1 Å². The van der Waals surface area contributed by atoms with Crippen molar-refractivity contribution in [2.45, 2.75) is 47.4 Å². The molecule has 4 atom stereocenters. The van der Waals surface area contributed by atoms with Crippen LogP contribution in [-0.2, 0) is 27.4 Å². The first kappa shape index (κ1) is 31.8. The molecule has 0 spiro atoms. The van der Waals surface area contributed by atoms with Gasteiger partial charge in [0.05, 0.1) is 23.8 Å². The second-order valence-electron chi connectivity index (χ2n) is 10.3. The number of benzene rings is 3. The highest BCUT2D eigenvalue weighted by molar-refractivity contribution is 7.99. The summed E-state index contributed by atoms with van der Waals surface area (Å²) in [5, 5.41) is 13.1. The molecule has 2 N–H and O–H groups in total. The fourth-order valence-electron chi connectivity index (χ4n) is 4.89. The van der Waals surface area contributed by atoms with E-state index in [4.69, 9.17) is 44.3 Å². The highest BCUT2D eigenvalue weighted by Gasteiger charge is 2.38. The second-order valence-corrected chi connectivity index (χ2v) is 13.6. The van der Waals surface area contributed by atoms with E-state index in [0.29, 0.717) is 0 Å². The Kier molecular flexibility index (Phi) is 10.7. The first-order valence-electron chi connectivity index (χ1n) is 13.8. The maximum atomic E-state index is 11.9. The summed E-state index contributed by atoms with van der Waals surface area (Å²) in [5.41, 5.74) is 5.67. The summed E-state index contributed by atoms with van der Waals surface area (Å²) in [6.07, 6.45) is 0.945. The van der Waals surface area contributed by atoms with Crippen molar-refractivity contribution in [1.82, 2.24) is 10.3 Å². The van der Waals surface area contributed by atoms with Crippen molar-refractivity contribution in [3.8, 4) is 11.1 Å². The summed E-state index contributed by atoms with van der Waals surface area (Å²) in [7, 11) is 0. The van der Waals surface area contributed by atoms with Gasteiger partial charge in [-0.15, -0.1) is 11.8 Å². The number of rotatable bonds is 9. The van der Waals surface area contributed by atoms with E-state index in [-0.39, 0.29) is 31.3 Å². The van der Waals surface area contributed by atoms with Crippen molar-refractivity contribution < 1.29 is 19.4 Å². The van der Waals surface area contributed by atoms with Gasteiger partial charge >= 0.3 is 0 Å². The molecule has 1 saturated heterocycles. The van der Waals surface area contributed by atoms with Gasteiger partial charge < -0.3 is 19.9 Å². The molecule has 5 rings (SSSR count). The first-order chi connectivity index (χ1) is 20.7. The molecule has 3 aromatic carbocycles. The van der Waals surface area contributed by atoms with Crippen LogP contribution >= 0.6 is 46.6 Å². The number of amides is 1. The lowest BCUT2D eigenvalue weighted by Gasteiger charge is -2.41. The molecule has 1 aliphatic heterocycles. The monoisotopic (exact) mass is 656 g/mol. The van der Waals surface area contributed by atoms with Gasteiger partial charge in [-0.2, -0.15) is 0 Å². The van der Waals surface area contributed by atoms with Crippen molar-refractivity contribution in [2.75, 3.05) is 5.75 Å². The molecule has 1 amide bonds. The zero-order valence-electron chi connectivity index (χ0n) is 23.3. The number of thioether (sulfide) groups is 1. The third kappa shape index (κ3) is 8.31. The van der Waals surface area contributed by atoms with Crippen molar-refractivity contribution >= 4 is 52.5 Å². The molecular weight excluding hydrogens is 627 g/mol. The van der Waals surface area contributed by atoms with Gasteiger partial charge in [0.25, 0.3) is 9.70 Å². The molecule has 6 nitrogen and oxygen atoms in total. The van der Waals surface area contributed by atoms with Crippen molar-refractivity contribution in [1.29, 1.82) is 0 Å². The number of hydrogen-bond donors (Lipinski definition) is 2. The van der Waals surface area contributed by atoms with Gasteiger partial charge in [0.15, 0.2) is 6.29 Å². The predicted octanol–water partition coefficient (Wildman–Crippen LogP) is 7.81. The average molecular weight is 658 g/mol. The first-order valence-corrected chi connectivity index (χ1v) is 15.9. The third-order valence-corrected chi connectivity index (χ3v) is 8.86. The van der Waals surface area contributed by atoms with E-state index < -0.39 is 16.0 Å². The highest BCUT2D eigenvalue weighted by Crippen LogP contribution is 2.43. The Morgan fingerprint density at radius 2 is 1.65 bits per heavy atom. The predicted molar refractivity (Wildman–Crippen MR) is 172 cm³/mol. The van der Waals surface area contributed by atoms with Crippen LogP contribution in [0.5, 0.6) is 0 Å². The quantitative estimate of drug-likeness (QED) is 0.141. The molecule has 0 saturated carbocycles. The molecule has 0 unspecified atom stereocenters. The molecule has 4 aromatic rings. The Bertz CT molecular complexity index is 1500. The number of halogens is 3. The molecule has 1 fully saturated rings. The standard InChI is InChI=1S/C33H31Cl3N2O4S/c1-21-28(20-43-29-7-2-3-16-37-29)41-31(42-30(21)25-10-8-22(19-39)9-11-25)26-14-12-24(13-15-26)27-6-4-5-23(17-27)18-38-32(40)33(34,35)36/h2-17,21,28,30-31,39H,18-20H2,1H3,(H,38,40)/t21-,28+,30+,31+/m1/s1. The van der Waals surface area contributed by atoms with Gasteiger partial charge in [0.2, 0.25) is 0 Å². The van der Waals surface area contributed by atoms with E-state index in [9.17, 15) is 9.90 Å². The van der Waals surface area contributed by atoms with Crippen LogP contribution in [0.15, 0.2) is 102 Å². The maximum Gasteiger partial charge on any atom is 0.272 e. The molecule has 43 heavy (non-hydrogen) atoms. The van der Waals surface area contributed by atoms with Crippen molar-refractivity contribution in [3.63, 3.8) is 0 Å². The summed E-state index contributed by atoms with van der Waals surface area (Å²) in [6.45, 7) is 2.38. The Morgan fingerprint density at radius 1 is 0.907 bits per heavy atom. The Labute approximate surface area is 270 Å². The number of nitrogens with zero attached hydrogens (tertiary/aromatic N) is 1. The van der Waals surface area contributed by atoms with Crippen LogP contribution in [0, 0.1) is 5.92 Å². The fraction of sp³-hybridized carbons (Fsp3) is 0.273. The van der Waals surface area contributed by atoms with Gasteiger partial charge in [0.1, 0.15) is 0 Å². The highest BCUT2D eigenvalue weighted by atomic mass is 35.6. The molecule has 0 aliphatic carbocycles. The lowest BCUT2D eigenvalue weighted by Crippen LogP contribution is -2.38. The number of aromatic nitrogens is 1. The summed E-state index contributed by atoms with van der Waals surface area (Å²) in [6, 6.07) is 29.7. The maximum absolute atomic E-state index is 11.9. The summed E-state index contributed by atoms with van der Waals surface area (Å²) in [4.78, 5) is 16.4. The largest absolute Gasteiger partial charge is 0.392 e. The summed E-state index contributed by atoms with van der Waals surface area (Å²) in [5.74, 6) is 0.133. The van der Waals surface area contributed by atoms with Gasteiger partial charge in [-0.25, -0.2) is 4.98 Å². The topological polar surface area (TPSA) is 80.7 Å². The van der Waals surface area contributed by atoms with Crippen LogP contribution in [0.2, 0.25) is 0 Å². The molecule has 224 valence electrons. The van der Waals surface area contributed by atoms with Crippen LogP contribution in [0.1, 0.15) is 41.6 Å². The van der Waals surface area contributed by atoms with E-state index in [2.05, 4.69) is 17.2 Å². The van der Waals surface area contributed by atoms with E-state index in [1.165, 1.54) is 0 Å². The lowest BCUT2D eigenvalue weighted by molar-refractivity contribution is -0.268. The van der Waals surface area contributed by atoms with Crippen LogP contribution in [-0.4, -0.2) is 31.6 Å². The van der Waals surface area contributed by atoms with E-state index in [0.717, 1.165) is 44.2 Å². The number of alkyl halides is 3. The van der Waals surface area contributed by atoms with Crippen LogP contribution in [0.3, 0.4) is 0 Å². The molecule has 0 bridgehead atoms. The summed E-state index contributed by atoms with van der Waals surface area (Å²) >= 11 is 18.6. The minimum absolute atomic E-state index is 0.00468.